The number of hydrogen-bond donors (Lipinski definition) is 1. The summed E-state index contributed by atoms with van der Waals surface area (Å²) in [5, 5.41) is 10.7. The van der Waals surface area contributed by atoms with Crippen LogP contribution < -0.4 is 4.31 Å². The molecule has 2 atom stereocenters. The topological polar surface area (TPSA) is 93.8 Å². The zero-order valence-electron chi connectivity index (χ0n) is 22.3. The number of carbonyl (C=O) groups is 1. The van der Waals surface area contributed by atoms with Crippen LogP contribution in [-0.4, -0.2) is 25.2 Å². The minimum atomic E-state index is -2.80. The van der Waals surface area contributed by atoms with Crippen LogP contribution in [0.25, 0.3) is 21.9 Å². The number of furan rings is 1. The second-order valence-electron chi connectivity index (χ2n) is 9.77. The smallest absolute Gasteiger partial charge is 0.306 e. The van der Waals surface area contributed by atoms with E-state index < -0.39 is 33.8 Å². The molecule has 1 N–H and O–H groups in total. The van der Waals surface area contributed by atoms with Crippen molar-refractivity contribution in [2.75, 3.05) is 4.31 Å². The number of para-hydroxylation sites is 1. The Morgan fingerprint density at radius 2 is 1.26 bits per heavy atom. The second-order valence-corrected chi connectivity index (χ2v) is 12.0. The first-order valence-electron chi connectivity index (χ1n) is 13.3. The molecule has 6 rings (SSSR count). The fourth-order valence-electron chi connectivity index (χ4n) is 5.45. The number of nitrogens with zero attached hydrogens (tertiary/aromatic N) is 1. The molecular formula is C34H26NO5S2-. The molecule has 1 heterocycles. The van der Waals surface area contributed by atoms with Gasteiger partial charge in [-0.05, 0) is 41.0 Å². The number of anilines is 1. The van der Waals surface area contributed by atoms with E-state index in [1.165, 1.54) is 16.1 Å². The van der Waals surface area contributed by atoms with Gasteiger partial charge >= 0.3 is 5.97 Å². The van der Waals surface area contributed by atoms with Gasteiger partial charge in [-0.15, -0.1) is 11.8 Å². The number of fused-ring (bicyclic) bond motifs is 3. The van der Waals surface area contributed by atoms with E-state index in [0.717, 1.165) is 27.5 Å². The first-order chi connectivity index (χ1) is 20.5. The number of thioether (sulfide) groups is 1. The van der Waals surface area contributed by atoms with E-state index in [2.05, 4.69) is 0 Å². The van der Waals surface area contributed by atoms with Gasteiger partial charge in [-0.25, -0.2) is 0 Å². The molecule has 42 heavy (non-hydrogen) atoms. The van der Waals surface area contributed by atoms with Crippen LogP contribution >= 0.6 is 11.8 Å². The van der Waals surface area contributed by atoms with Crippen molar-refractivity contribution in [3.05, 3.63) is 150 Å². The van der Waals surface area contributed by atoms with Crippen LogP contribution in [0.2, 0.25) is 0 Å². The molecule has 0 spiro atoms. The summed E-state index contributed by atoms with van der Waals surface area (Å²) >= 11 is -1.50. The van der Waals surface area contributed by atoms with Crippen LogP contribution in [0.4, 0.5) is 5.69 Å². The minimum absolute atomic E-state index is 0.351. The maximum Gasteiger partial charge on any atom is 0.306 e. The summed E-state index contributed by atoms with van der Waals surface area (Å²) in [5.74, 6) is -1.11. The fraction of sp³-hybridized carbons (Fsp3) is 0.0882. The van der Waals surface area contributed by atoms with Crippen LogP contribution in [0.5, 0.6) is 0 Å². The Bertz CT molecular complexity index is 1760. The Hall–Kier alpha value is -4.37. The third-order valence-corrected chi connectivity index (χ3v) is 9.87. The first-order valence-corrected chi connectivity index (χ1v) is 15.2. The Morgan fingerprint density at radius 1 is 0.762 bits per heavy atom. The molecule has 0 saturated heterocycles. The van der Waals surface area contributed by atoms with Gasteiger partial charge in [0.25, 0.3) is 0 Å². The summed E-state index contributed by atoms with van der Waals surface area (Å²) in [4.78, 5) is 12.4. The zero-order valence-corrected chi connectivity index (χ0v) is 24.0. The average molecular weight is 593 g/mol. The van der Waals surface area contributed by atoms with Crippen molar-refractivity contribution in [1.82, 2.24) is 0 Å². The molecule has 0 aliphatic rings. The lowest BCUT2D eigenvalue weighted by atomic mass is 9.84. The van der Waals surface area contributed by atoms with Crippen LogP contribution in [-0.2, 0) is 20.8 Å². The molecule has 0 aliphatic heterocycles. The minimum Gasteiger partial charge on any atom is -0.755 e. The van der Waals surface area contributed by atoms with Crippen LogP contribution in [0, 0.1) is 0 Å². The van der Waals surface area contributed by atoms with Crippen molar-refractivity contribution in [3.63, 3.8) is 0 Å². The lowest BCUT2D eigenvalue weighted by molar-refractivity contribution is -0.136. The quantitative estimate of drug-likeness (QED) is 0.0995. The molecule has 210 valence electrons. The monoisotopic (exact) mass is 592 g/mol. The van der Waals surface area contributed by atoms with Gasteiger partial charge in [0.15, 0.2) is 0 Å². The Morgan fingerprint density at radius 3 is 1.79 bits per heavy atom. The molecule has 0 fully saturated rings. The SMILES string of the molecule is O=C(O)CC(SC(c1ccccc1)(c1ccccc1)c1ccccc1)N(c1ccc2oc3ccccc3c2c1)S(=O)[O-]. The van der Waals surface area contributed by atoms with E-state index >= 15 is 0 Å². The molecule has 6 nitrogen and oxygen atoms in total. The molecule has 1 aromatic heterocycles. The number of carboxylic acid groups (broad SMARTS) is 1. The predicted molar refractivity (Wildman–Crippen MR) is 168 cm³/mol. The van der Waals surface area contributed by atoms with Gasteiger partial charge in [-0.1, -0.05) is 109 Å². The van der Waals surface area contributed by atoms with E-state index in [0.29, 0.717) is 16.9 Å². The van der Waals surface area contributed by atoms with Gasteiger partial charge in [0.05, 0.1) is 22.2 Å². The normalized spacial score (nSPS) is 13.2. The summed E-state index contributed by atoms with van der Waals surface area (Å²) in [6.07, 6.45) is -0.433. The maximum atomic E-state index is 13.1. The van der Waals surface area contributed by atoms with Gasteiger partial charge in [0, 0.05) is 22.0 Å². The van der Waals surface area contributed by atoms with Gasteiger partial charge in [-0.3, -0.25) is 13.3 Å². The molecular weight excluding hydrogens is 567 g/mol. The molecule has 5 aromatic carbocycles. The van der Waals surface area contributed by atoms with E-state index in [1.807, 2.05) is 115 Å². The lowest BCUT2D eigenvalue weighted by Crippen LogP contribution is -2.40. The Labute approximate surface area is 250 Å². The number of aliphatic carboxylic acids is 1. The summed E-state index contributed by atoms with van der Waals surface area (Å²) in [7, 11) is 0. The first kappa shape index (κ1) is 27.8. The Kier molecular flexibility index (Phi) is 7.84. The molecule has 0 aliphatic carbocycles. The zero-order chi connectivity index (χ0) is 29.1. The lowest BCUT2D eigenvalue weighted by Gasteiger charge is -2.42. The van der Waals surface area contributed by atoms with Gasteiger partial charge in [0.1, 0.15) is 11.2 Å². The highest BCUT2D eigenvalue weighted by atomic mass is 32.2. The third kappa shape index (κ3) is 5.20. The highest BCUT2D eigenvalue weighted by molar-refractivity contribution is 8.02. The van der Waals surface area contributed by atoms with Crippen LogP contribution in [0.1, 0.15) is 23.1 Å². The van der Waals surface area contributed by atoms with Crippen molar-refractivity contribution >= 4 is 56.6 Å². The van der Waals surface area contributed by atoms with Gasteiger partial charge in [0.2, 0.25) is 0 Å². The second kappa shape index (κ2) is 11.9. The summed E-state index contributed by atoms with van der Waals surface area (Å²) in [6, 6.07) is 42.0. The molecule has 0 radical (unpaired) electrons. The number of carboxylic acids is 1. The van der Waals surface area contributed by atoms with E-state index in [1.54, 1.807) is 18.2 Å². The highest BCUT2D eigenvalue weighted by Gasteiger charge is 2.42. The Balaban J connectivity index is 1.56. The highest BCUT2D eigenvalue weighted by Crippen LogP contribution is 2.52. The summed E-state index contributed by atoms with van der Waals surface area (Å²) in [5.41, 5.74) is 4.35. The molecule has 8 heteroatoms. The van der Waals surface area contributed by atoms with E-state index in [-0.39, 0.29) is 0 Å². The van der Waals surface area contributed by atoms with Crippen LogP contribution in [0.3, 0.4) is 0 Å². The van der Waals surface area contributed by atoms with Crippen molar-refractivity contribution < 1.29 is 23.1 Å². The maximum absolute atomic E-state index is 13.1. The fourth-order valence-corrected chi connectivity index (χ4v) is 8.01. The van der Waals surface area contributed by atoms with E-state index in [9.17, 15) is 18.7 Å². The molecule has 0 saturated carbocycles. The molecule has 0 bridgehead atoms. The number of hydrogen-bond acceptors (Lipinski definition) is 5. The van der Waals surface area contributed by atoms with Crippen molar-refractivity contribution in [1.29, 1.82) is 0 Å². The van der Waals surface area contributed by atoms with E-state index in [4.69, 9.17) is 4.42 Å². The van der Waals surface area contributed by atoms with Gasteiger partial charge in [-0.2, -0.15) is 0 Å². The largest absolute Gasteiger partial charge is 0.755 e. The van der Waals surface area contributed by atoms with Crippen molar-refractivity contribution in [2.45, 2.75) is 16.5 Å². The molecule has 0 amide bonds. The van der Waals surface area contributed by atoms with Crippen molar-refractivity contribution in [2.24, 2.45) is 0 Å². The number of rotatable bonds is 10. The third-order valence-electron chi connectivity index (χ3n) is 7.24. The predicted octanol–water partition coefficient (Wildman–Crippen LogP) is 7.71. The van der Waals surface area contributed by atoms with Crippen molar-refractivity contribution in [3.8, 4) is 0 Å². The summed E-state index contributed by atoms with van der Waals surface area (Å²) in [6.45, 7) is 0. The molecule has 2 unspecified atom stereocenters. The van der Waals surface area contributed by atoms with Gasteiger partial charge < -0.3 is 14.1 Å². The number of benzene rings is 5. The summed E-state index contributed by atoms with van der Waals surface area (Å²) < 4.78 is 32.3. The average Bonchev–Trinajstić information content (AvgIpc) is 3.39. The molecule has 6 aromatic rings. The van der Waals surface area contributed by atoms with Crippen LogP contribution in [0.15, 0.2) is 138 Å². The standard InChI is InChI=1S/C34H27NO5S2/c36-33(37)23-32(35(42(38)39)27-20-21-31-29(22-27)28-18-10-11-19-30(28)40-31)41-34(24-12-4-1-5-13-24,25-14-6-2-7-15-25)26-16-8-3-9-17-26/h1-22,32H,23H2,(H,36,37)(H,38,39)/p-1.